The van der Waals surface area contributed by atoms with Crippen molar-refractivity contribution in [1.82, 2.24) is 0 Å². The minimum Gasteiger partial charge on any atom is -0.458 e. The summed E-state index contributed by atoms with van der Waals surface area (Å²) in [5.41, 5.74) is -6.29. The lowest BCUT2D eigenvalue weighted by Crippen LogP contribution is -2.80. The fourth-order valence-electron chi connectivity index (χ4n) is 8.96. The lowest BCUT2D eigenvalue weighted by Gasteiger charge is -2.69. The van der Waals surface area contributed by atoms with Crippen molar-refractivity contribution < 1.29 is 53.1 Å². The van der Waals surface area contributed by atoms with Crippen LogP contribution in [-0.2, 0) is 33.3 Å². The fraction of sp³-hybridized carbons (Fsp3) is 0.500. The summed E-state index contributed by atoms with van der Waals surface area (Å²) in [6.07, 6.45) is -6.01. The summed E-state index contributed by atoms with van der Waals surface area (Å²) in [4.78, 5) is 67.3. The summed E-state index contributed by atoms with van der Waals surface area (Å²) >= 11 is 0. The second-order valence-electron chi connectivity index (χ2n) is 14.6. The summed E-state index contributed by atoms with van der Waals surface area (Å²) < 4.78 is 24.2. The number of carbonyl (C=O) groups excluding carboxylic acids is 5. The van der Waals surface area contributed by atoms with Crippen molar-refractivity contribution in [1.29, 1.82) is 0 Å². The second kappa shape index (κ2) is 12.8. The van der Waals surface area contributed by atoms with Gasteiger partial charge in [0.25, 0.3) is 0 Å². The summed E-state index contributed by atoms with van der Waals surface area (Å²) in [6.45, 7) is 12.9. The van der Waals surface area contributed by atoms with E-state index in [1.807, 2.05) is 0 Å². The molecule has 0 saturated heterocycles. The topological polar surface area (TPSA) is 163 Å². The van der Waals surface area contributed by atoms with Crippen LogP contribution in [0.4, 0.5) is 0 Å². The van der Waals surface area contributed by atoms with Crippen LogP contribution in [-0.4, -0.2) is 76.0 Å². The van der Waals surface area contributed by atoms with Crippen LogP contribution >= 0.6 is 0 Å². The van der Waals surface area contributed by atoms with Gasteiger partial charge in [-0.1, -0.05) is 63.2 Å². The third-order valence-electron chi connectivity index (χ3n) is 11.1. The predicted molar refractivity (Wildman–Crippen MR) is 175 cm³/mol. The highest BCUT2D eigenvalue weighted by atomic mass is 16.6. The molecule has 5 rings (SSSR count). The van der Waals surface area contributed by atoms with Crippen molar-refractivity contribution in [2.75, 3.05) is 0 Å². The van der Waals surface area contributed by atoms with Gasteiger partial charge >= 0.3 is 23.9 Å². The van der Waals surface area contributed by atoms with E-state index in [9.17, 15) is 34.2 Å². The van der Waals surface area contributed by atoms with Crippen molar-refractivity contribution in [2.45, 2.75) is 90.5 Å². The molecule has 0 bridgehead atoms. The second-order valence-corrected chi connectivity index (χ2v) is 14.6. The van der Waals surface area contributed by atoms with Crippen LogP contribution in [0, 0.1) is 28.1 Å². The minimum absolute atomic E-state index is 0.124. The first-order valence-corrected chi connectivity index (χ1v) is 16.4. The smallest absolute Gasteiger partial charge is 0.338 e. The molecule has 0 unspecified atom stereocenters. The molecule has 49 heavy (non-hydrogen) atoms. The molecule has 2 aromatic carbocycles. The molecule has 3 saturated carbocycles. The molecule has 0 aliphatic heterocycles. The Kier molecular flexibility index (Phi) is 9.42. The fourth-order valence-corrected chi connectivity index (χ4v) is 8.96. The third kappa shape index (κ3) is 5.86. The third-order valence-corrected chi connectivity index (χ3v) is 11.1. The molecule has 10 atom stereocenters. The van der Waals surface area contributed by atoms with Crippen molar-refractivity contribution in [2.24, 2.45) is 28.1 Å². The van der Waals surface area contributed by atoms with E-state index in [2.05, 4.69) is 6.58 Å². The van der Waals surface area contributed by atoms with Gasteiger partial charge in [-0.15, -0.1) is 6.58 Å². The summed E-state index contributed by atoms with van der Waals surface area (Å²) in [7, 11) is 0. The Morgan fingerprint density at radius 2 is 1.31 bits per heavy atom. The standard InChI is InChI=1S/C38H44O11/c1-8-36(6)20-25(48-32(42)23-15-11-9-12-16-23)29-37(7)26(19-27(41)38(29,45)34(36)44)35(4,5)30(47-22(3)40)28(46-21(2)39)31(37)49-33(43)24-17-13-10-14-18-24/h8-18,25-31,41,45H,1,19-20H2,2-7H3/t25-,26+,27-,28-,29-,30-,31+,36+,37+,38+/m1/s1. The number of ketones is 1. The average Bonchev–Trinajstić information content (AvgIpc) is 3.05. The van der Waals surface area contributed by atoms with E-state index in [-0.39, 0.29) is 24.0 Å². The first kappa shape index (κ1) is 35.9. The van der Waals surface area contributed by atoms with Gasteiger partial charge in [0.05, 0.1) is 22.6 Å². The van der Waals surface area contributed by atoms with Crippen molar-refractivity contribution in [3.05, 3.63) is 84.4 Å². The van der Waals surface area contributed by atoms with Crippen LogP contribution in [0.25, 0.3) is 0 Å². The quantitative estimate of drug-likeness (QED) is 0.245. The zero-order chi connectivity index (χ0) is 36.1. The number of aliphatic hydroxyl groups excluding tert-OH is 1. The zero-order valence-electron chi connectivity index (χ0n) is 28.6. The Morgan fingerprint density at radius 3 is 1.80 bits per heavy atom. The molecule has 3 fully saturated rings. The Balaban J connectivity index is 1.77. The molecule has 2 aromatic rings. The Labute approximate surface area is 285 Å². The largest absolute Gasteiger partial charge is 0.458 e. The minimum atomic E-state index is -2.55. The van der Waals surface area contributed by atoms with Crippen LogP contribution in [0.15, 0.2) is 73.3 Å². The van der Waals surface area contributed by atoms with Crippen LogP contribution in [0.5, 0.6) is 0 Å². The molecule has 2 N–H and O–H groups in total. The summed E-state index contributed by atoms with van der Waals surface area (Å²) in [5.74, 6) is -5.93. The SMILES string of the molecule is C=C[C@@]1(C)C[C@@H](OC(=O)c2ccccc2)[C@H]2[C@](O)(C1=O)[C@H](O)C[C@H]1C(C)(C)[C@H](OC(C)=O)[C@@H](OC(C)=O)[C@H](OC(=O)c3ccccc3)[C@@]12C. The van der Waals surface area contributed by atoms with Gasteiger partial charge in [-0.25, -0.2) is 9.59 Å². The first-order chi connectivity index (χ1) is 22.9. The maximum Gasteiger partial charge on any atom is 0.338 e. The molecule has 0 amide bonds. The first-order valence-electron chi connectivity index (χ1n) is 16.4. The Hall–Kier alpha value is -4.35. The van der Waals surface area contributed by atoms with Gasteiger partial charge in [0.15, 0.2) is 17.5 Å². The van der Waals surface area contributed by atoms with Crippen LogP contribution in [0.1, 0.15) is 75.1 Å². The van der Waals surface area contributed by atoms with Gasteiger partial charge in [-0.05, 0) is 43.5 Å². The number of hydrogen-bond acceptors (Lipinski definition) is 11. The normalized spacial score (nSPS) is 36.2. The van der Waals surface area contributed by atoms with Crippen LogP contribution in [0.2, 0.25) is 0 Å². The zero-order valence-corrected chi connectivity index (χ0v) is 28.6. The van der Waals surface area contributed by atoms with Crippen molar-refractivity contribution in [3.8, 4) is 0 Å². The van der Waals surface area contributed by atoms with Crippen molar-refractivity contribution in [3.63, 3.8) is 0 Å². The number of fused-ring (bicyclic) bond motifs is 3. The highest BCUT2D eigenvalue weighted by molar-refractivity contribution is 5.96. The van der Waals surface area contributed by atoms with Crippen LogP contribution in [0.3, 0.4) is 0 Å². The van der Waals surface area contributed by atoms with E-state index in [0.29, 0.717) is 0 Å². The number of carbonyl (C=O) groups is 5. The number of rotatable bonds is 7. The lowest BCUT2D eigenvalue weighted by molar-refractivity contribution is -0.313. The van der Waals surface area contributed by atoms with E-state index < -0.39 is 93.9 Å². The van der Waals surface area contributed by atoms with E-state index in [1.54, 1.807) is 76.2 Å². The van der Waals surface area contributed by atoms with Gasteiger partial charge in [-0.2, -0.15) is 0 Å². The van der Waals surface area contributed by atoms with Gasteiger partial charge in [-0.3, -0.25) is 14.4 Å². The number of benzene rings is 2. The molecular weight excluding hydrogens is 632 g/mol. The molecule has 0 radical (unpaired) electrons. The number of Topliss-reactive ketones (excluding diaryl/α,β-unsaturated/α-hetero) is 1. The predicted octanol–water partition coefficient (Wildman–Crippen LogP) is 4.24. The van der Waals surface area contributed by atoms with E-state index in [1.165, 1.54) is 25.1 Å². The van der Waals surface area contributed by atoms with E-state index >= 15 is 0 Å². The molecule has 11 heteroatoms. The Morgan fingerprint density at radius 1 is 0.796 bits per heavy atom. The van der Waals surface area contributed by atoms with Crippen molar-refractivity contribution >= 4 is 29.7 Å². The summed E-state index contributed by atoms with van der Waals surface area (Å²) in [6, 6.07) is 16.2. The molecule has 0 aromatic heterocycles. The maximum absolute atomic E-state index is 14.5. The highest BCUT2D eigenvalue weighted by Crippen LogP contribution is 2.67. The molecule has 3 aliphatic carbocycles. The molecule has 0 heterocycles. The van der Waals surface area contributed by atoms with Gasteiger partial charge in [0.1, 0.15) is 18.3 Å². The monoisotopic (exact) mass is 676 g/mol. The molecule has 0 spiro atoms. The number of aliphatic hydroxyl groups is 2. The molecule has 262 valence electrons. The van der Waals surface area contributed by atoms with Crippen LogP contribution < -0.4 is 0 Å². The number of esters is 4. The molecule has 3 aliphatic rings. The number of allylic oxidation sites excluding steroid dienone is 1. The average molecular weight is 677 g/mol. The van der Waals surface area contributed by atoms with Gasteiger partial charge < -0.3 is 29.2 Å². The highest BCUT2D eigenvalue weighted by Gasteiger charge is 2.78. The molecular formula is C38H44O11. The van der Waals surface area contributed by atoms with Gasteiger partial charge in [0.2, 0.25) is 0 Å². The number of hydrogen-bond donors (Lipinski definition) is 2. The molecule has 11 nitrogen and oxygen atoms in total. The van der Waals surface area contributed by atoms with Gasteiger partial charge in [0, 0.05) is 37.0 Å². The number of ether oxygens (including phenoxy) is 4. The lowest BCUT2D eigenvalue weighted by atomic mass is 9.38. The Bertz CT molecular complexity index is 1640. The van der Waals surface area contributed by atoms with E-state index in [0.717, 1.165) is 6.92 Å². The maximum atomic E-state index is 14.5. The summed E-state index contributed by atoms with van der Waals surface area (Å²) in [5, 5.41) is 24.6. The van der Waals surface area contributed by atoms with E-state index in [4.69, 9.17) is 18.9 Å².